The van der Waals surface area contributed by atoms with Crippen LogP contribution >= 0.6 is 0 Å². The zero-order valence-electron chi connectivity index (χ0n) is 27.5. The predicted molar refractivity (Wildman–Crippen MR) is 167 cm³/mol. The molecule has 0 bridgehead atoms. The Hall–Kier alpha value is -1.51. The Bertz CT molecular complexity index is 1190. The molecule has 14 atom stereocenters. The van der Waals surface area contributed by atoms with Gasteiger partial charge in [0.25, 0.3) is 0 Å². The number of piperidine rings is 1. The Morgan fingerprint density at radius 1 is 0.977 bits per heavy atom. The van der Waals surface area contributed by atoms with E-state index in [1.807, 2.05) is 4.90 Å². The molecule has 0 aromatic carbocycles. The van der Waals surface area contributed by atoms with Crippen molar-refractivity contribution in [2.75, 3.05) is 32.7 Å². The summed E-state index contributed by atoms with van der Waals surface area (Å²) in [6.07, 6.45) is 9.55. The second-order valence-corrected chi connectivity index (χ2v) is 17.4. The van der Waals surface area contributed by atoms with Crippen LogP contribution in [0.5, 0.6) is 0 Å². The van der Waals surface area contributed by atoms with Crippen LogP contribution < -0.4 is 16.0 Å². The molecule has 4 heterocycles. The van der Waals surface area contributed by atoms with E-state index in [2.05, 4.69) is 43.6 Å². The number of ether oxygens (including phenoxy) is 1. The van der Waals surface area contributed by atoms with Crippen LogP contribution in [0.1, 0.15) is 91.9 Å². The number of nitrogens with one attached hydrogen (secondary N) is 3. The molecule has 0 aromatic heterocycles. The smallest absolute Gasteiger partial charge is 0.232 e. The minimum atomic E-state index is -0.273. The number of hydrogen-bond donors (Lipinski definition) is 3. The summed E-state index contributed by atoms with van der Waals surface area (Å²) in [4.78, 5) is 42.2. The first-order chi connectivity index (χ1) is 21.0. The lowest BCUT2D eigenvalue weighted by Gasteiger charge is -2.60. The van der Waals surface area contributed by atoms with Gasteiger partial charge >= 0.3 is 0 Å². The number of rotatable bonds is 3. The van der Waals surface area contributed by atoms with E-state index in [-0.39, 0.29) is 46.9 Å². The van der Waals surface area contributed by atoms with Crippen LogP contribution in [0.3, 0.4) is 0 Å². The molecule has 4 aliphatic carbocycles. The van der Waals surface area contributed by atoms with E-state index in [1.165, 1.54) is 19.3 Å². The number of likely N-dealkylation sites (tertiary alicyclic amines) is 1. The molecular formula is C36H56N4O4. The monoisotopic (exact) mass is 608 g/mol. The molecule has 244 valence electrons. The Morgan fingerprint density at radius 3 is 2.48 bits per heavy atom. The number of carbonyl (C=O) groups excluding carboxylic acids is 3. The quantitative estimate of drug-likeness (QED) is 0.423. The number of fused-ring (bicyclic) bond motifs is 8. The van der Waals surface area contributed by atoms with Crippen molar-refractivity contribution >= 4 is 17.6 Å². The summed E-state index contributed by atoms with van der Waals surface area (Å²) in [5, 5.41) is 10.5. The molecule has 2 amide bonds. The van der Waals surface area contributed by atoms with Gasteiger partial charge in [-0.15, -0.1) is 0 Å². The van der Waals surface area contributed by atoms with Gasteiger partial charge in [0.05, 0.1) is 6.10 Å². The number of nitrogens with zero attached hydrogens (tertiary/aromatic N) is 1. The Labute approximate surface area is 263 Å². The largest absolute Gasteiger partial charge is 0.357 e. The molecule has 3 N–H and O–H groups in total. The minimum absolute atomic E-state index is 0.0128. The van der Waals surface area contributed by atoms with Gasteiger partial charge in [-0.25, -0.2) is 0 Å². The van der Waals surface area contributed by atoms with Gasteiger partial charge in [-0.3, -0.25) is 19.7 Å². The van der Waals surface area contributed by atoms with Crippen molar-refractivity contribution in [3.05, 3.63) is 0 Å². The van der Waals surface area contributed by atoms with Crippen molar-refractivity contribution in [2.24, 2.45) is 64.1 Å². The molecule has 0 aromatic rings. The van der Waals surface area contributed by atoms with Crippen LogP contribution in [0, 0.1) is 64.1 Å². The fourth-order valence-electron chi connectivity index (χ4n) is 12.8. The van der Waals surface area contributed by atoms with Crippen LogP contribution in [0.4, 0.5) is 0 Å². The zero-order chi connectivity index (χ0) is 30.6. The number of carbonyl (C=O) groups is 3. The maximum Gasteiger partial charge on any atom is 0.232 e. The average molecular weight is 609 g/mol. The van der Waals surface area contributed by atoms with Gasteiger partial charge in [-0.1, -0.05) is 27.7 Å². The van der Waals surface area contributed by atoms with Gasteiger partial charge in [0.1, 0.15) is 17.9 Å². The van der Waals surface area contributed by atoms with E-state index < -0.39 is 0 Å². The van der Waals surface area contributed by atoms with E-state index in [4.69, 9.17) is 4.74 Å². The first-order valence-electron chi connectivity index (χ1n) is 18.3. The molecule has 8 heteroatoms. The standard InChI is InChI=1S/C36H56N4O4/c1-20-7-10-36(38-15-20)21(2)33-29(44-36)12-28-26-6-5-24-11-25(8-9-34(24,3)27(26)13-30(41)35(28,33)4)39-31(42)14-32(43)40-18-22-16-37-17-23(22)19-40/h20-29,33,37-38H,5-19H2,1-4H3,(H,39,42)/t20-,21-,22?,23?,24+,25?,26+,27-,28-,29-,33-,34-,35+,36+/m0/s1. The molecular weight excluding hydrogens is 552 g/mol. The van der Waals surface area contributed by atoms with Gasteiger partial charge in [-0.05, 0) is 98.2 Å². The third-order valence-electron chi connectivity index (χ3n) is 15.4. The zero-order valence-corrected chi connectivity index (χ0v) is 27.5. The van der Waals surface area contributed by atoms with Gasteiger partial charge in [0.15, 0.2) is 0 Å². The highest BCUT2D eigenvalue weighted by atomic mass is 16.5. The summed E-state index contributed by atoms with van der Waals surface area (Å²) in [7, 11) is 0. The summed E-state index contributed by atoms with van der Waals surface area (Å²) in [5.41, 5.74) is -0.370. The summed E-state index contributed by atoms with van der Waals surface area (Å²) in [6, 6.07) is 0.138. The average Bonchev–Trinajstić information content (AvgIpc) is 3.72. The van der Waals surface area contributed by atoms with Crippen molar-refractivity contribution in [3.63, 3.8) is 0 Å². The SMILES string of the molecule is C[C@H]1CC[C@@]2(NC1)O[C@H]1C[C@H]3[C@@H]4CC[C@@H]5CC(NC(=O)CC(=O)N6CC7CNCC7C6)CC[C@]5(C)[C@H]4CC(=O)[C@]3(C)[C@H]1[C@@H]2C. The first-order valence-corrected chi connectivity index (χ1v) is 18.3. The molecule has 8 fully saturated rings. The van der Waals surface area contributed by atoms with Crippen LogP contribution in [-0.2, 0) is 19.1 Å². The number of amides is 2. The molecule has 8 aliphatic rings. The maximum absolute atomic E-state index is 14.4. The van der Waals surface area contributed by atoms with Gasteiger partial charge < -0.3 is 20.3 Å². The van der Waals surface area contributed by atoms with Crippen molar-refractivity contribution in [1.29, 1.82) is 0 Å². The summed E-state index contributed by atoms with van der Waals surface area (Å²) < 4.78 is 6.99. The van der Waals surface area contributed by atoms with E-state index >= 15 is 0 Å². The minimum Gasteiger partial charge on any atom is -0.357 e. The lowest BCUT2D eigenvalue weighted by atomic mass is 9.44. The molecule has 8 rings (SSSR count). The van der Waals surface area contributed by atoms with E-state index in [9.17, 15) is 14.4 Å². The molecule has 0 radical (unpaired) electrons. The number of ketones is 1. The second-order valence-electron chi connectivity index (χ2n) is 17.4. The molecule has 44 heavy (non-hydrogen) atoms. The second kappa shape index (κ2) is 10.5. The molecule has 4 aliphatic heterocycles. The van der Waals surface area contributed by atoms with Crippen molar-refractivity contribution in [2.45, 2.75) is 110 Å². The first kappa shape index (κ1) is 29.9. The third kappa shape index (κ3) is 4.35. The van der Waals surface area contributed by atoms with Crippen LogP contribution in [-0.4, -0.2) is 73.1 Å². The highest BCUT2D eigenvalue weighted by Crippen LogP contribution is 2.70. The van der Waals surface area contributed by atoms with Crippen LogP contribution in [0.2, 0.25) is 0 Å². The highest BCUT2D eigenvalue weighted by Gasteiger charge is 2.71. The predicted octanol–water partition coefficient (Wildman–Crippen LogP) is 3.74. The lowest BCUT2D eigenvalue weighted by Crippen LogP contribution is -2.60. The van der Waals surface area contributed by atoms with E-state index in [0.717, 1.165) is 71.2 Å². The molecule has 4 saturated carbocycles. The van der Waals surface area contributed by atoms with E-state index in [0.29, 0.717) is 59.0 Å². The van der Waals surface area contributed by atoms with Crippen molar-refractivity contribution in [3.8, 4) is 0 Å². The fraction of sp³-hybridized carbons (Fsp3) is 0.917. The maximum atomic E-state index is 14.4. The normalized spacial score (nSPS) is 52.7. The Morgan fingerprint density at radius 2 is 1.75 bits per heavy atom. The van der Waals surface area contributed by atoms with Crippen molar-refractivity contribution in [1.82, 2.24) is 20.9 Å². The van der Waals surface area contributed by atoms with Gasteiger partial charge in [-0.2, -0.15) is 0 Å². The van der Waals surface area contributed by atoms with Crippen molar-refractivity contribution < 1.29 is 19.1 Å². The lowest BCUT2D eigenvalue weighted by molar-refractivity contribution is -0.160. The summed E-state index contributed by atoms with van der Waals surface area (Å²) >= 11 is 0. The number of hydrogen-bond acceptors (Lipinski definition) is 6. The molecule has 3 unspecified atom stereocenters. The topological polar surface area (TPSA) is 99.8 Å². The summed E-state index contributed by atoms with van der Waals surface area (Å²) in [5.74, 6) is 4.82. The van der Waals surface area contributed by atoms with Gasteiger partial charge in [0.2, 0.25) is 11.8 Å². The molecule has 4 saturated heterocycles. The van der Waals surface area contributed by atoms with Crippen LogP contribution in [0.25, 0.3) is 0 Å². The molecule has 8 nitrogen and oxygen atoms in total. The number of Topliss-reactive ketones (excluding diaryl/α,β-unsaturated/α-hetero) is 1. The van der Waals surface area contributed by atoms with Gasteiger partial charge in [0, 0.05) is 62.4 Å². The fourth-order valence-corrected chi connectivity index (χ4v) is 12.8. The van der Waals surface area contributed by atoms with Crippen LogP contribution in [0.15, 0.2) is 0 Å². The Kier molecular flexibility index (Phi) is 7.13. The summed E-state index contributed by atoms with van der Waals surface area (Å²) in [6.45, 7) is 14.1. The van der Waals surface area contributed by atoms with E-state index in [1.54, 1.807) is 0 Å². The third-order valence-corrected chi connectivity index (χ3v) is 15.4. The molecule has 1 spiro atoms. The highest BCUT2D eigenvalue weighted by molar-refractivity contribution is 5.97. The Balaban J connectivity index is 0.910.